The van der Waals surface area contributed by atoms with Crippen LogP contribution in [-0.2, 0) is 0 Å². The van der Waals surface area contributed by atoms with Crippen molar-refractivity contribution in [2.45, 2.75) is 45.4 Å². The van der Waals surface area contributed by atoms with Crippen LogP contribution in [0.25, 0.3) is 0 Å². The number of hydrogen-bond donors (Lipinski definition) is 0. The van der Waals surface area contributed by atoms with Gasteiger partial charge in [0.05, 0.1) is 0 Å². The summed E-state index contributed by atoms with van der Waals surface area (Å²) in [6.07, 6.45) is 7.95. The number of hydrogen-bond acceptors (Lipinski definition) is 1. The second kappa shape index (κ2) is 9.44. The van der Waals surface area contributed by atoms with Gasteiger partial charge in [0.1, 0.15) is 0 Å². The molecule has 17 heavy (non-hydrogen) atoms. The molecule has 1 rings (SSSR count). The third kappa shape index (κ3) is 6.65. The number of aliphatic imine (C=N–C) groups is 1. The molecule has 2 heteroatoms. The quantitative estimate of drug-likeness (QED) is 0.391. The molecule has 0 fully saturated rings. The molecule has 0 heterocycles. The van der Waals surface area contributed by atoms with E-state index < -0.39 is 0 Å². The van der Waals surface area contributed by atoms with Gasteiger partial charge < -0.3 is 0 Å². The third-order valence-corrected chi connectivity index (χ3v) is 3.55. The predicted octanol–water partition coefficient (Wildman–Crippen LogP) is 3.96. The van der Waals surface area contributed by atoms with E-state index in [1.54, 1.807) is 0 Å². The molecule has 0 N–H and O–H groups in total. The topological polar surface area (TPSA) is 12.4 Å². The Hall–Kier alpha value is -0.591. The molecular weight excluding hydrogens is 273 g/mol. The number of nitrogens with zero attached hydrogens (tertiary/aromatic N) is 1. The van der Waals surface area contributed by atoms with Crippen LogP contribution in [0, 0.1) is 0 Å². The van der Waals surface area contributed by atoms with E-state index in [0.29, 0.717) is 0 Å². The van der Waals surface area contributed by atoms with Gasteiger partial charge >= 0.3 is 114 Å². The zero-order valence-electron chi connectivity index (χ0n) is 10.7. The zero-order valence-corrected chi connectivity index (χ0v) is 12.4. The molecule has 0 saturated carbocycles. The SMILES string of the molecule is CCCCCCCCN=C([Se])c1ccccc1. The molecule has 0 aliphatic carbocycles. The fourth-order valence-electron chi connectivity index (χ4n) is 1.74. The molecule has 1 radical (unpaired) electrons. The van der Waals surface area contributed by atoms with Crippen LogP contribution < -0.4 is 0 Å². The molecule has 1 aromatic rings. The van der Waals surface area contributed by atoms with Crippen molar-refractivity contribution in [3.63, 3.8) is 0 Å². The van der Waals surface area contributed by atoms with Gasteiger partial charge in [0, 0.05) is 0 Å². The van der Waals surface area contributed by atoms with E-state index in [4.69, 9.17) is 0 Å². The van der Waals surface area contributed by atoms with E-state index in [9.17, 15) is 0 Å². The van der Waals surface area contributed by atoms with Crippen LogP contribution in [-0.4, -0.2) is 27.2 Å². The first kappa shape index (κ1) is 14.5. The summed E-state index contributed by atoms with van der Waals surface area (Å²) >= 11 is 3.05. The Morgan fingerprint density at radius 2 is 1.65 bits per heavy atom. The van der Waals surface area contributed by atoms with Crippen molar-refractivity contribution >= 4 is 20.6 Å². The van der Waals surface area contributed by atoms with Crippen molar-refractivity contribution < 1.29 is 0 Å². The number of benzene rings is 1. The Balaban J connectivity index is 2.16. The second-order valence-electron chi connectivity index (χ2n) is 4.32. The van der Waals surface area contributed by atoms with E-state index in [2.05, 4.69) is 40.1 Å². The maximum absolute atomic E-state index is 4.57. The van der Waals surface area contributed by atoms with E-state index >= 15 is 0 Å². The summed E-state index contributed by atoms with van der Waals surface area (Å²) < 4.78 is 1.04. The summed E-state index contributed by atoms with van der Waals surface area (Å²) in [5, 5.41) is 0. The van der Waals surface area contributed by atoms with Crippen molar-refractivity contribution in [1.82, 2.24) is 0 Å². The number of rotatable bonds is 8. The van der Waals surface area contributed by atoms with Gasteiger partial charge in [-0.3, -0.25) is 0 Å². The first-order chi connectivity index (χ1) is 8.34. The van der Waals surface area contributed by atoms with Crippen LogP contribution in [0.4, 0.5) is 0 Å². The monoisotopic (exact) mass is 296 g/mol. The van der Waals surface area contributed by atoms with E-state index in [1.165, 1.54) is 44.1 Å². The fraction of sp³-hybridized carbons (Fsp3) is 0.533. The fourth-order valence-corrected chi connectivity index (χ4v) is 2.22. The summed E-state index contributed by atoms with van der Waals surface area (Å²) in [5.74, 6) is 0. The Kier molecular flexibility index (Phi) is 8.04. The van der Waals surface area contributed by atoms with Crippen LogP contribution in [0.3, 0.4) is 0 Å². The average Bonchev–Trinajstić information content (AvgIpc) is 2.38. The van der Waals surface area contributed by atoms with E-state index in [0.717, 1.165) is 11.2 Å². The first-order valence-corrected chi connectivity index (χ1v) is 7.47. The van der Waals surface area contributed by atoms with Crippen molar-refractivity contribution in [1.29, 1.82) is 0 Å². The maximum atomic E-state index is 4.57. The van der Waals surface area contributed by atoms with Crippen LogP contribution in [0.15, 0.2) is 35.3 Å². The molecule has 1 nitrogen and oxygen atoms in total. The van der Waals surface area contributed by atoms with Crippen LogP contribution in [0.1, 0.15) is 51.0 Å². The van der Waals surface area contributed by atoms with E-state index in [1.807, 2.05) is 18.2 Å². The van der Waals surface area contributed by atoms with Gasteiger partial charge in [0.15, 0.2) is 0 Å². The van der Waals surface area contributed by atoms with Gasteiger partial charge in [-0.2, -0.15) is 0 Å². The molecule has 0 bridgehead atoms. The number of unbranched alkanes of at least 4 members (excludes halogenated alkanes) is 5. The summed E-state index contributed by atoms with van der Waals surface area (Å²) in [6, 6.07) is 10.3. The molecule has 0 aliphatic heterocycles. The molecule has 0 amide bonds. The Morgan fingerprint density at radius 3 is 2.35 bits per heavy atom. The van der Waals surface area contributed by atoms with Crippen LogP contribution in [0.2, 0.25) is 0 Å². The molecule has 0 spiro atoms. The Morgan fingerprint density at radius 1 is 1.00 bits per heavy atom. The van der Waals surface area contributed by atoms with Gasteiger partial charge in [0.2, 0.25) is 0 Å². The van der Waals surface area contributed by atoms with Crippen molar-refractivity contribution in [2.75, 3.05) is 6.54 Å². The Labute approximate surface area is 114 Å². The molecule has 0 atom stereocenters. The van der Waals surface area contributed by atoms with Gasteiger partial charge in [-0.05, 0) is 0 Å². The normalized spacial score (nSPS) is 11.7. The summed E-state index contributed by atoms with van der Waals surface area (Å²) in [7, 11) is 0. The minimum absolute atomic E-state index is 0.948. The average molecular weight is 295 g/mol. The van der Waals surface area contributed by atoms with Crippen molar-refractivity contribution in [3.8, 4) is 0 Å². The summed E-state index contributed by atoms with van der Waals surface area (Å²) in [5.41, 5.74) is 1.19. The molecule has 0 unspecified atom stereocenters. The zero-order chi connectivity index (χ0) is 12.3. The first-order valence-electron chi connectivity index (χ1n) is 6.61. The van der Waals surface area contributed by atoms with Crippen molar-refractivity contribution in [3.05, 3.63) is 35.9 Å². The van der Waals surface area contributed by atoms with E-state index in [-0.39, 0.29) is 0 Å². The molecule has 1 aromatic carbocycles. The van der Waals surface area contributed by atoms with Crippen LogP contribution in [0.5, 0.6) is 0 Å². The third-order valence-electron chi connectivity index (χ3n) is 2.79. The summed E-state index contributed by atoms with van der Waals surface area (Å²) in [6.45, 7) is 3.20. The molecule has 0 aromatic heterocycles. The second-order valence-corrected chi connectivity index (χ2v) is 5.13. The molecule has 0 aliphatic rings. The van der Waals surface area contributed by atoms with Gasteiger partial charge in [-0.1, -0.05) is 0 Å². The molecular formula is C15H22NSe. The minimum atomic E-state index is 0.948. The van der Waals surface area contributed by atoms with Gasteiger partial charge in [0.25, 0.3) is 0 Å². The van der Waals surface area contributed by atoms with Crippen molar-refractivity contribution in [2.24, 2.45) is 4.99 Å². The van der Waals surface area contributed by atoms with Gasteiger partial charge in [-0.15, -0.1) is 0 Å². The van der Waals surface area contributed by atoms with Gasteiger partial charge in [-0.25, -0.2) is 0 Å². The predicted molar refractivity (Wildman–Crippen MR) is 77.0 cm³/mol. The Bertz CT molecular complexity index is 319. The summed E-state index contributed by atoms with van der Waals surface area (Å²) in [4.78, 5) is 4.57. The molecule has 93 valence electrons. The van der Waals surface area contributed by atoms with Crippen LogP contribution >= 0.6 is 0 Å². The molecule has 0 saturated heterocycles. The standard InChI is InChI=1S/C15H22NSe/c1-2-3-4-5-6-10-13-16-15(17)14-11-8-7-9-12-14/h7-9,11-12H,2-6,10,13H2,1H3.